The maximum absolute atomic E-state index is 10.7. The average Bonchev–Trinajstić information content (AvgIpc) is 2.29. The van der Waals surface area contributed by atoms with E-state index in [0.29, 0.717) is 3.70 Å². The van der Waals surface area contributed by atoms with E-state index in [1.165, 1.54) is 11.6 Å². The molecular formula is C12H9IN2O2. The maximum Gasteiger partial charge on any atom is 0.301 e. The van der Waals surface area contributed by atoms with E-state index in [-0.39, 0.29) is 5.69 Å². The molecule has 0 unspecified atom stereocenters. The van der Waals surface area contributed by atoms with Crippen molar-refractivity contribution in [2.75, 3.05) is 0 Å². The lowest BCUT2D eigenvalue weighted by atomic mass is 10.1. The fourth-order valence-corrected chi connectivity index (χ4v) is 2.08. The zero-order chi connectivity index (χ0) is 12.4. The summed E-state index contributed by atoms with van der Waals surface area (Å²) in [5, 5.41) is 10.7. The number of rotatable bonds is 2. The van der Waals surface area contributed by atoms with Gasteiger partial charge in [-0.1, -0.05) is 29.8 Å². The molecular weight excluding hydrogens is 331 g/mol. The molecule has 2 aromatic rings. The first-order chi connectivity index (χ1) is 8.08. The first kappa shape index (κ1) is 12.0. The lowest BCUT2D eigenvalue weighted by molar-refractivity contribution is -0.386. The van der Waals surface area contributed by atoms with Crippen LogP contribution in [0.2, 0.25) is 0 Å². The van der Waals surface area contributed by atoms with Crippen LogP contribution in [0.4, 0.5) is 5.69 Å². The molecule has 0 aliphatic carbocycles. The Morgan fingerprint density at radius 1 is 1.18 bits per heavy atom. The highest BCUT2D eigenvalue weighted by Gasteiger charge is 2.13. The number of aryl methyl sites for hydroxylation is 1. The van der Waals surface area contributed by atoms with Crippen molar-refractivity contribution in [3.05, 3.63) is 55.8 Å². The van der Waals surface area contributed by atoms with E-state index in [2.05, 4.69) is 4.98 Å². The highest BCUT2D eigenvalue weighted by molar-refractivity contribution is 14.1. The van der Waals surface area contributed by atoms with Crippen LogP contribution in [0, 0.1) is 20.7 Å². The molecule has 1 aromatic heterocycles. The quantitative estimate of drug-likeness (QED) is 0.363. The van der Waals surface area contributed by atoms with Crippen LogP contribution in [0.25, 0.3) is 11.3 Å². The Hall–Kier alpha value is -1.50. The molecule has 17 heavy (non-hydrogen) atoms. The summed E-state index contributed by atoms with van der Waals surface area (Å²) in [4.78, 5) is 14.5. The van der Waals surface area contributed by atoms with Crippen molar-refractivity contribution in [2.45, 2.75) is 6.92 Å². The van der Waals surface area contributed by atoms with Crippen molar-refractivity contribution in [2.24, 2.45) is 0 Å². The van der Waals surface area contributed by atoms with Gasteiger partial charge in [0.25, 0.3) is 0 Å². The molecule has 0 saturated heterocycles. The molecule has 0 spiro atoms. The molecule has 0 amide bonds. The minimum atomic E-state index is -0.423. The van der Waals surface area contributed by atoms with E-state index >= 15 is 0 Å². The van der Waals surface area contributed by atoms with Crippen LogP contribution >= 0.6 is 22.6 Å². The molecule has 0 bridgehead atoms. The minimum absolute atomic E-state index is 0.0430. The number of pyridine rings is 1. The van der Waals surface area contributed by atoms with Crippen LogP contribution < -0.4 is 0 Å². The van der Waals surface area contributed by atoms with Gasteiger partial charge >= 0.3 is 5.69 Å². The summed E-state index contributed by atoms with van der Waals surface area (Å²) in [6.07, 6.45) is 0. The number of hydrogen-bond acceptors (Lipinski definition) is 3. The third-order valence-corrected chi connectivity index (χ3v) is 3.17. The van der Waals surface area contributed by atoms with Crippen LogP contribution in [0.5, 0.6) is 0 Å². The molecule has 0 aliphatic heterocycles. The Morgan fingerprint density at radius 3 is 2.35 bits per heavy atom. The molecule has 1 aromatic carbocycles. The molecule has 1 heterocycles. The summed E-state index contributed by atoms with van der Waals surface area (Å²) in [7, 11) is 0. The summed E-state index contributed by atoms with van der Waals surface area (Å²) < 4.78 is 0.408. The molecule has 5 heteroatoms. The number of hydrogen-bond donors (Lipinski definition) is 0. The second kappa shape index (κ2) is 4.79. The van der Waals surface area contributed by atoms with E-state index in [1.54, 1.807) is 6.07 Å². The van der Waals surface area contributed by atoms with Gasteiger partial charge in [-0.15, -0.1) is 0 Å². The lowest BCUT2D eigenvalue weighted by Gasteiger charge is -2.02. The molecule has 4 nitrogen and oxygen atoms in total. The monoisotopic (exact) mass is 340 g/mol. The highest BCUT2D eigenvalue weighted by atomic mass is 127. The van der Waals surface area contributed by atoms with Gasteiger partial charge in [0, 0.05) is 11.6 Å². The third-order valence-electron chi connectivity index (χ3n) is 2.37. The van der Waals surface area contributed by atoms with Gasteiger partial charge in [-0.2, -0.15) is 0 Å². The Kier molecular flexibility index (Phi) is 3.37. The van der Waals surface area contributed by atoms with Crippen molar-refractivity contribution in [3.63, 3.8) is 0 Å². The molecule has 0 N–H and O–H groups in total. The van der Waals surface area contributed by atoms with Gasteiger partial charge in [-0.25, -0.2) is 4.98 Å². The summed E-state index contributed by atoms with van der Waals surface area (Å²) in [6, 6.07) is 11.1. The molecule has 2 rings (SSSR count). The lowest BCUT2D eigenvalue weighted by Crippen LogP contribution is -1.95. The topological polar surface area (TPSA) is 56.0 Å². The molecule has 0 fully saturated rings. The number of nitro groups is 1. The fourth-order valence-electron chi connectivity index (χ4n) is 1.45. The third kappa shape index (κ3) is 2.60. The minimum Gasteiger partial charge on any atom is -0.258 e. The molecule has 0 radical (unpaired) electrons. The zero-order valence-electron chi connectivity index (χ0n) is 9.05. The summed E-state index contributed by atoms with van der Waals surface area (Å²) in [5.41, 5.74) is 2.93. The normalized spacial score (nSPS) is 10.2. The number of halogens is 1. The van der Waals surface area contributed by atoms with Gasteiger partial charge in [0.05, 0.1) is 10.6 Å². The molecule has 0 aliphatic rings. The van der Waals surface area contributed by atoms with Crippen LogP contribution in [-0.4, -0.2) is 9.91 Å². The summed E-state index contributed by atoms with van der Waals surface area (Å²) in [6.45, 7) is 2.01. The molecule has 0 saturated carbocycles. The standard InChI is InChI=1S/C12H9IN2O2/c1-8-2-4-9(5-3-8)10-6-7-11(15(16)17)12(13)14-10/h2-7H,1H3. The second-order valence-corrected chi connectivity index (χ2v) is 4.65. The van der Waals surface area contributed by atoms with E-state index < -0.39 is 4.92 Å². The average molecular weight is 340 g/mol. The van der Waals surface area contributed by atoms with Gasteiger partial charge in [-0.3, -0.25) is 10.1 Å². The van der Waals surface area contributed by atoms with Gasteiger partial charge in [0.1, 0.15) is 0 Å². The van der Waals surface area contributed by atoms with E-state index in [0.717, 1.165) is 11.3 Å². The number of nitrogens with zero attached hydrogens (tertiary/aromatic N) is 2. The Morgan fingerprint density at radius 2 is 1.82 bits per heavy atom. The number of aromatic nitrogens is 1. The summed E-state index contributed by atoms with van der Waals surface area (Å²) in [5.74, 6) is 0. The van der Waals surface area contributed by atoms with Gasteiger partial charge in [0.2, 0.25) is 0 Å². The largest absolute Gasteiger partial charge is 0.301 e. The highest BCUT2D eigenvalue weighted by Crippen LogP contribution is 2.24. The smallest absolute Gasteiger partial charge is 0.258 e. The van der Waals surface area contributed by atoms with Crippen molar-refractivity contribution < 1.29 is 4.92 Å². The Bertz CT molecular complexity index is 567. The Labute approximate surface area is 112 Å². The van der Waals surface area contributed by atoms with Crippen LogP contribution in [0.1, 0.15) is 5.56 Å². The maximum atomic E-state index is 10.7. The first-order valence-corrected chi connectivity index (χ1v) is 6.04. The predicted molar refractivity (Wildman–Crippen MR) is 73.8 cm³/mol. The molecule has 0 atom stereocenters. The van der Waals surface area contributed by atoms with Crippen molar-refractivity contribution >= 4 is 28.3 Å². The van der Waals surface area contributed by atoms with E-state index in [4.69, 9.17) is 0 Å². The van der Waals surface area contributed by atoms with Gasteiger partial charge in [-0.05, 0) is 35.6 Å². The van der Waals surface area contributed by atoms with Crippen LogP contribution in [0.15, 0.2) is 36.4 Å². The van der Waals surface area contributed by atoms with Crippen molar-refractivity contribution in [1.29, 1.82) is 0 Å². The Balaban J connectivity index is 2.44. The zero-order valence-corrected chi connectivity index (χ0v) is 11.2. The fraction of sp³-hybridized carbons (Fsp3) is 0.0833. The molecule has 86 valence electrons. The van der Waals surface area contributed by atoms with Gasteiger partial charge in [0.15, 0.2) is 3.70 Å². The number of benzene rings is 1. The van der Waals surface area contributed by atoms with Gasteiger partial charge < -0.3 is 0 Å². The van der Waals surface area contributed by atoms with Crippen molar-refractivity contribution in [3.8, 4) is 11.3 Å². The van der Waals surface area contributed by atoms with E-state index in [9.17, 15) is 10.1 Å². The van der Waals surface area contributed by atoms with Crippen LogP contribution in [0.3, 0.4) is 0 Å². The first-order valence-electron chi connectivity index (χ1n) is 4.96. The van der Waals surface area contributed by atoms with Crippen molar-refractivity contribution in [1.82, 2.24) is 4.98 Å². The predicted octanol–water partition coefficient (Wildman–Crippen LogP) is 3.57. The SMILES string of the molecule is Cc1ccc(-c2ccc([N+](=O)[O-])c(I)n2)cc1. The summed E-state index contributed by atoms with van der Waals surface area (Å²) >= 11 is 1.88. The van der Waals surface area contributed by atoms with E-state index in [1.807, 2.05) is 53.8 Å². The van der Waals surface area contributed by atoms with Crippen LogP contribution in [-0.2, 0) is 0 Å². The second-order valence-electron chi connectivity index (χ2n) is 3.63.